The third-order valence-electron chi connectivity index (χ3n) is 2.03. The van der Waals surface area contributed by atoms with Gasteiger partial charge in [-0.1, -0.05) is 6.92 Å². The number of Topliss-reactive ketones (excluding diaryl/α,β-unsaturated/α-hetero) is 1. The van der Waals surface area contributed by atoms with Crippen LogP contribution in [0.3, 0.4) is 0 Å². The molecule has 0 saturated carbocycles. The lowest BCUT2D eigenvalue weighted by atomic mass is 10.1. The second kappa shape index (κ2) is 5.81. The van der Waals surface area contributed by atoms with E-state index in [-0.39, 0.29) is 5.78 Å². The minimum Gasteiger partial charge on any atom is -0.493 e. The van der Waals surface area contributed by atoms with Gasteiger partial charge in [-0.2, -0.15) is 0 Å². The van der Waals surface area contributed by atoms with E-state index in [1.807, 2.05) is 31.4 Å². The van der Waals surface area contributed by atoms with Crippen LogP contribution in [0, 0.1) is 0 Å². The van der Waals surface area contributed by atoms with Crippen LogP contribution < -0.4 is 4.74 Å². The van der Waals surface area contributed by atoms with Crippen LogP contribution >= 0.6 is 11.8 Å². The van der Waals surface area contributed by atoms with Crippen molar-refractivity contribution in [2.45, 2.75) is 25.2 Å². The van der Waals surface area contributed by atoms with Gasteiger partial charge in [0.2, 0.25) is 0 Å². The molecule has 0 radical (unpaired) electrons. The van der Waals surface area contributed by atoms with Crippen LogP contribution in [-0.2, 0) is 0 Å². The summed E-state index contributed by atoms with van der Waals surface area (Å²) in [6, 6.07) is 5.73. The molecule has 0 saturated heterocycles. The molecule has 1 aromatic rings. The highest BCUT2D eigenvalue weighted by atomic mass is 32.2. The van der Waals surface area contributed by atoms with E-state index in [2.05, 4.69) is 0 Å². The van der Waals surface area contributed by atoms with Crippen LogP contribution in [0.2, 0.25) is 0 Å². The van der Waals surface area contributed by atoms with E-state index in [0.717, 1.165) is 11.3 Å². The molecule has 1 aromatic carbocycles. The molecule has 0 heterocycles. The lowest BCUT2D eigenvalue weighted by Crippen LogP contribution is -2.02. The summed E-state index contributed by atoms with van der Waals surface area (Å²) < 4.78 is 5.52. The second-order valence-electron chi connectivity index (χ2n) is 3.27. The highest BCUT2D eigenvalue weighted by Gasteiger charge is 2.09. The van der Waals surface area contributed by atoms with E-state index in [1.165, 1.54) is 0 Å². The molecule has 82 valence electrons. The Kier molecular flexibility index (Phi) is 4.69. The first-order chi connectivity index (χ1) is 7.19. The third kappa shape index (κ3) is 3.27. The molecular formula is C12H16O2S. The molecule has 0 spiro atoms. The molecule has 0 fully saturated rings. The maximum absolute atomic E-state index is 11.4. The summed E-state index contributed by atoms with van der Waals surface area (Å²) in [5.74, 6) is 0.749. The summed E-state index contributed by atoms with van der Waals surface area (Å²) in [6.07, 6.45) is 2.94. The summed E-state index contributed by atoms with van der Waals surface area (Å²) >= 11 is 1.63. The highest BCUT2D eigenvalue weighted by molar-refractivity contribution is 7.98. The SMILES string of the molecule is CCCOc1ccc(SC)cc1C(C)=O. The fraction of sp³-hybridized carbons (Fsp3) is 0.417. The van der Waals surface area contributed by atoms with Crippen molar-refractivity contribution >= 4 is 17.5 Å². The van der Waals surface area contributed by atoms with Crippen molar-refractivity contribution in [3.63, 3.8) is 0 Å². The Morgan fingerprint density at radius 1 is 1.47 bits per heavy atom. The zero-order valence-electron chi connectivity index (χ0n) is 9.37. The van der Waals surface area contributed by atoms with Gasteiger partial charge in [0.1, 0.15) is 5.75 Å². The zero-order chi connectivity index (χ0) is 11.3. The number of hydrogen-bond donors (Lipinski definition) is 0. The molecule has 0 aliphatic carbocycles. The predicted octanol–water partition coefficient (Wildman–Crippen LogP) is 3.40. The number of ether oxygens (including phenoxy) is 1. The lowest BCUT2D eigenvalue weighted by molar-refractivity contribution is 0.101. The van der Waals surface area contributed by atoms with Crippen LogP contribution in [0.5, 0.6) is 5.75 Å². The van der Waals surface area contributed by atoms with Crippen molar-refractivity contribution in [3.05, 3.63) is 23.8 Å². The molecule has 0 atom stereocenters. The number of ketones is 1. The molecule has 0 aliphatic rings. The van der Waals surface area contributed by atoms with Gasteiger partial charge < -0.3 is 4.74 Å². The van der Waals surface area contributed by atoms with Crippen molar-refractivity contribution in [1.82, 2.24) is 0 Å². The van der Waals surface area contributed by atoms with Gasteiger partial charge in [-0.25, -0.2) is 0 Å². The second-order valence-corrected chi connectivity index (χ2v) is 4.15. The summed E-state index contributed by atoms with van der Waals surface area (Å²) in [5, 5.41) is 0. The lowest BCUT2D eigenvalue weighted by Gasteiger charge is -2.09. The number of benzene rings is 1. The van der Waals surface area contributed by atoms with E-state index >= 15 is 0 Å². The molecule has 1 rings (SSSR count). The van der Waals surface area contributed by atoms with E-state index in [1.54, 1.807) is 18.7 Å². The highest BCUT2D eigenvalue weighted by Crippen LogP contribution is 2.25. The molecule has 0 aromatic heterocycles. The maximum Gasteiger partial charge on any atom is 0.163 e. The largest absolute Gasteiger partial charge is 0.493 e. The first-order valence-corrected chi connectivity index (χ1v) is 6.23. The summed E-state index contributed by atoms with van der Waals surface area (Å²) in [7, 11) is 0. The average molecular weight is 224 g/mol. The molecule has 0 amide bonds. The van der Waals surface area contributed by atoms with Crippen LogP contribution in [0.4, 0.5) is 0 Å². The minimum absolute atomic E-state index is 0.0528. The number of hydrogen-bond acceptors (Lipinski definition) is 3. The average Bonchev–Trinajstić information content (AvgIpc) is 2.26. The number of carbonyl (C=O) groups excluding carboxylic acids is 1. The fourth-order valence-electron chi connectivity index (χ4n) is 1.25. The maximum atomic E-state index is 11.4. The van der Waals surface area contributed by atoms with Crippen molar-refractivity contribution in [3.8, 4) is 5.75 Å². The van der Waals surface area contributed by atoms with E-state index in [9.17, 15) is 4.79 Å². The molecule has 0 aliphatic heterocycles. The van der Waals surface area contributed by atoms with Crippen molar-refractivity contribution in [2.75, 3.05) is 12.9 Å². The van der Waals surface area contributed by atoms with Crippen molar-refractivity contribution < 1.29 is 9.53 Å². The quantitative estimate of drug-likeness (QED) is 0.566. The minimum atomic E-state index is 0.0528. The molecule has 3 heteroatoms. The molecule has 0 N–H and O–H groups in total. The van der Waals surface area contributed by atoms with Gasteiger partial charge in [0.15, 0.2) is 5.78 Å². The summed E-state index contributed by atoms with van der Waals surface area (Å²) in [4.78, 5) is 12.5. The number of rotatable bonds is 5. The summed E-state index contributed by atoms with van der Waals surface area (Å²) in [5.41, 5.74) is 0.676. The Hall–Kier alpha value is -0.960. The van der Waals surface area contributed by atoms with Crippen LogP contribution in [0.25, 0.3) is 0 Å². The van der Waals surface area contributed by atoms with Crippen LogP contribution in [0.1, 0.15) is 30.6 Å². The molecule has 0 bridgehead atoms. The summed E-state index contributed by atoms with van der Waals surface area (Å²) in [6.45, 7) is 4.26. The van der Waals surface area contributed by atoms with Crippen LogP contribution in [0.15, 0.2) is 23.1 Å². The first-order valence-electron chi connectivity index (χ1n) is 5.00. The molecule has 2 nitrogen and oxygen atoms in total. The third-order valence-corrected chi connectivity index (χ3v) is 2.75. The van der Waals surface area contributed by atoms with Gasteiger partial charge in [0.05, 0.1) is 12.2 Å². The Morgan fingerprint density at radius 3 is 2.73 bits per heavy atom. The Labute approximate surface area is 95.0 Å². The monoisotopic (exact) mass is 224 g/mol. The van der Waals surface area contributed by atoms with E-state index in [4.69, 9.17) is 4.74 Å². The van der Waals surface area contributed by atoms with Crippen LogP contribution in [-0.4, -0.2) is 18.6 Å². The van der Waals surface area contributed by atoms with Crippen molar-refractivity contribution in [1.29, 1.82) is 0 Å². The standard InChI is InChI=1S/C12H16O2S/c1-4-7-14-12-6-5-10(15-3)8-11(12)9(2)13/h5-6,8H,4,7H2,1-3H3. The van der Waals surface area contributed by atoms with Gasteiger partial charge in [0.25, 0.3) is 0 Å². The molecular weight excluding hydrogens is 208 g/mol. The predicted molar refractivity (Wildman–Crippen MR) is 64.0 cm³/mol. The first kappa shape index (κ1) is 12.1. The van der Waals surface area contributed by atoms with E-state index in [0.29, 0.717) is 17.9 Å². The number of thioether (sulfide) groups is 1. The zero-order valence-corrected chi connectivity index (χ0v) is 10.2. The topological polar surface area (TPSA) is 26.3 Å². The Morgan fingerprint density at radius 2 is 2.20 bits per heavy atom. The Bertz CT molecular complexity index is 347. The van der Waals surface area contributed by atoms with E-state index < -0.39 is 0 Å². The van der Waals surface area contributed by atoms with Gasteiger partial charge >= 0.3 is 0 Å². The fourth-order valence-corrected chi connectivity index (χ4v) is 1.69. The van der Waals surface area contributed by atoms with Gasteiger partial charge in [-0.3, -0.25) is 4.79 Å². The number of carbonyl (C=O) groups is 1. The van der Waals surface area contributed by atoms with Crippen molar-refractivity contribution in [2.24, 2.45) is 0 Å². The van der Waals surface area contributed by atoms with Gasteiger partial charge in [-0.05, 0) is 37.8 Å². The van der Waals surface area contributed by atoms with Gasteiger partial charge in [-0.15, -0.1) is 11.8 Å². The molecule has 15 heavy (non-hydrogen) atoms. The van der Waals surface area contributed by atoms with Gasteiger partial charge in [0, 0.05) is 4.90 Å². The normalized spacial score (nSPS) is 10.1. The Balaban J connectivity index is 2.98. The molecule has 0 unspecified atom stereocenters. The smallest absolute Gasteiger partial charge is 0.163 e.